The van der Waals surface area contributed by atoms with Crippen molar-refractivity contribution in [2.24, 2.45) is 0 Å². The highest BCUT2D eigenvalue weighted by atomic mass is 16.6. The Hall–Kier alpha value is -5.58. The van der Waals surface area contributed by atoms with Gasteiger partial charge in [-0.1, -0.05) is 84.9 Å². The van der Waals surface area contributed by atoms with Gasteiger partial charge in [0.2, 0.25) is 5.91 Å². The Morgan fingerprint density at radius 3 is 1.96 bits per heavy atom. The van der Waals surface area contributed by atoms with Crippen molar-refractivity contribution < 1.29 is 29.0 Å². The first-order chi connectivity index (χ1) is 22.3. The molecule has 1 atom stereocenters. The van der Waals surface area contributed by atoms with E-state index in [1.807, 2.05) is 84.9 Å². The van der Waals surface area contributed by atoms with Crippen LogP contribution in [0, 0.1) is 0 Å². The summed E-state index contributed by atoms with van der Waals surface area (Å²) in [6.07, 6.45) is -0.881. The molecule has 46 heavy (non-hydrogen) atoms. The molecule has 1 unspecified atom stereocenters. The third-order valence-corrected chi connectivity index (χ3v) is 7.65. The molecule has 0 spiro atoms. The average molecular weight is 622 g/mol. The Morgan fingerprint density at radius 1 is 0.783 bits per heavy atom. The van der Waals surface area contributed by atoms with Crippen LogP contribution < -0.4 is 5.32 Å². The minimum absolute atomic E-state index is 0.0382. The van der Waals surface area contributed by atoms with Crippen molar-refractivity contribution in [2.45, 2.75) is 25.8 Å². The first-order valence-electron chi connectivity index (χ1n) is 15.2. The third kappa shape index (κ3) is 7.92. The molecule has 1 saturated heterocycles. The smallest absolute Gasteiger partial charge is 0.409 e. The van der Waals surface area contributed by atoms with E-state index in [2.05, 4.69) is 10.3 Å². The topological polar surface area (TPSA) is 142 Å². The van der Waals surface area contributed by atoms with Gasteiger partial charge < -0.3 is 25.0 Å². The van der Waals surface area contributed by atoms with Gasteiger partial charge >= 0.3 is 12.1 Å². The molecule has 4 aromatic rings. The van der Waals surface area contributed by atoms with Crippen LogP contribution in [0.25, 0.3) is 33.8 Å². The van der Waals surface area contributed by atoms with Crippen molar-refractivity contribution in [1.82, 2.24) is 25.1 Å². The fraction of sp³-hybridized carbons (Fsp3) is 0.257. The van der Waals surface area contributed by atoms with Crippen molar-refractivity contribution in [3.8, 4) is 33.8 Å². The summed E-state index contributed by atoms with van der Waals surface area (Å²) in [6, 6.07) is 27.5. The molecule has 1 fully saturated rings. The number of aromatic nitrogens is 2. The highest BCUT2D eigenvalue weighted by Crippen LogP contribution is 2.26. The Labute approximate surface area is 266 Å². The van der Waals surface area contributed by atoms with Crippen LogP contribution in [-0.4, -0.2) is 87.6 Å². The molecule has 5 rings (SSSR count). The van der Waals surface area contributed by atoms with Crippen molar-refractivity contribution in [3.05, 3.63) is 96.7 Å². The summed E-state index contributed by atoms with van der Waals surface area (Å²) in [5.41, 5.74) is 4.13. The fourth-order valence-corrected chi connectivity index (χ4v) is 5.19. The van der Waals surface area contributed by atoms with Crippen LogP contribution >= 0.6 is 0 Å². The zero-order chi connectivity index (χ0) is 32.5. The van der Waals surface area contributed by atoms with Gasteiger partial charge in [-0.05, 0) is 30.5 Å². The fourth-order valence-electron chi connectivity index (χ4n) is 5.19. The number of nitrogens with one attached hydrogen (secondary N) is 1. The molecule has 0 aliphatic carbocycles. The molecule has 0 bridgehead atoms. The first kappa shape index (κ1) is 31.8. The lowest BCUT2D eigenvalue weighted by atomic mass is 10.0. The van der Waals surface area contributed by atoms with Crippen LogP contribution in [0.15, 0.2) is 91.0 Å². The molecule has 1 aliphatic rings. The maximum Gasteiger partial charge on any atom is 0.409 e. The van der Waals surface area contributed by atoms with Crippen LogP contribution in [0.3, 0.4) is 0 Å². The lowest BCUT2D eigenvalue weighted by molar-refractivity contribution is -0.138. The Balaban J connectivity index is 1.40. The molecular formula is C35H35N5O6. The lowest BCUT2D eigenvalue weighted by Crippen LogP contribution is -2.56. The zero-order valence-corrected chi connectivity index (χ0v) is 25.5. The minimum atomic E-state index is -1.11. The second-order valence-corrected chi connectivity index (χ2v) is 10.7. The summed E-state index contributed by atoms with van der Waals surface area (Å²) in [4.78, 5) is 63.1. The summed E-state index contributed by atoms with van der Waals surface area (Å²) >= 11 is 0. The van der Waals surface area contributed by atoms with E-state index in [1.54, 1.807) is 13.0 Å². The van der Waals surface area contributed by atoms with E-state index in [9.17, 15) is 24.3 Å². The van der Waals surface area contributed by atoms with Gasteiger partial charge in [0.15, 0.2) is 5.82 Å². The molecule has 1 aliphatic heterocycles. The summed E-state index contributed by atoms with van der Waals surface area (Å²) < 4.78 is 5.05. The third-order valence-electron chi connectivity index (χ3n) is 7.65. The average Bonchev–Trinajstić information content (AvgIpc) is 3.10. The number of carboxylic acid groups (broad SMARTS) is 1. The van der Waals surface area contributed by atoms with Gasteiger partial charge in [-0.25, -0.2) is 14.8 Å². The first-order valence-corrected chi connectivity index (χ1v) is 15.2. The van der Waals surface area contributed by atoms with Crippen LogP contribution in [0.5, 0.6) is 0 Å². The largest absolute Gasteiger partial charge is 0.481 e. The highest BCUT2D eigenvalue weighted by molar-refractivity contribution is 5.97. The summed E-state index contributed by atoms with van der Waals surface area (Å²) in [7, 11) is 0. The Morgan fingerprint density at radius 2 is 1.35 bits per heavy atom. The van der Waals surface area contributed by atoms with Gasteiger partial charge in [-0.15, -0.1) is 0 Å². The molecule has 236 valence electrons. The Bertz CT molecular complexity index is 1670. The molecule has 1 aromatic heterocycles. The number of carbonyl (C=O) groups excluding carboxylic acids is 3. The number of carboxylic acids is 1. The van der Waals surface area contributed by atoms with Gasteiger partial charge in [0.25, 0.3) is 5.91 Å². The van der Waals surface area contributed by atoms with Gasteiger partial charge in [-0.2, -0.15) is 0 Å². The molecule has 2 heterocycles. The number of hydrogen-bond acceptors (Lipinski definition) is 7. The second-order valence-electron chi connectivity index (χ2n) is 10.7. The number of amides is 3. The predicted octanol–water partition coefficient (Wildman–Crippen LogP) is 4.74. The van der Waals surface area contributed by atoms with E-state index >= 15 is 0 Å². The number of nitrogens with zero attached hydrogens (tertiary/aromatic N) is 4. The number of hydrogen-bond donors (Lipinski definition) is 2. The molecular weight excluding hydrogens is 586 g/mol. The number of ether oxygens (including phenoxy) is 1. The predicted molar refractivity (Wildman–Crippen MR) is 172 cm³/mol. The molecule has 3 amide bonds. The van der Waals surface area contributed by atoms with Crippen LogP contribution in [0.2, 0.25) is 0 Å². The lowest BCUT2D eigenvalue weighted by Gasteiger charge is -2.35. The quantitative estimate of drug-likeness (QED) is 0.259. The van der Waals surface area contributed by atoms with Crippen LogP contribution in [-0.2, 0) is 14.3 Å². The van der Waals surface area contributed by atoms with E-state index in [0.29, 0.717) is 17.1 Å². The van der Waals surface area contributed by atoms with E-state index in [-0.39, 0.29) is 51.3 Å². The van der Waals surface area contributed by atoms with E-state index < -0.39 is 29.9 Å². The van der Waals surface area contributed by atoms with Crippen LogP contribution in [0.1, 0.15) is 30.3 Å². The molecule has 2 N–H and O–H groups in total. The molecule has 0 saturated carbocycles. The normalized spacial score (nSPS) is 13.5. The second kappa shape index (κ2) is 14.9. The van der Waals surface area contributed by atoms with Crippen molar-refractivity contribution in [1.29, 1.82) is 0 Å². The highest BCUT2D eigenvalue weighted by Gasteiger charge is 2.31. The van der Waals surface area contributed by atoms with Gasteiger partial charge in [-0.3, -0.25) is 14.4 Å². The number of piperazine rings is 1. The maximum absolute atomic E-state index is 13.7. The van der Waals surface area contributed by atoms with Crippen molar-refractivity contribution in [2.75, 3.05) is 32.8 Å². The number of aliphatic carboxylic acids is 1. The van der Waals surface area contributed by atoms with Gasteiger partial charge in [0.05, 0.1) is 12.3 Å². The molecule has 3 aromatic carbocycles. The SMILES string of the molecule is CCOC(=O)N1CCN(C(=O)C(CCC(=O)O)NC(=O)c2cc(-c3ccc(-c4ccccc4)cc3)nc(-c3ccccc3)n2)CC1. The Kier molecular flexibility index (Phi) is 10.3. The van der Waals surface area contributed by atoms with Crippen molar-refractivity contribution in [3.63, 3.8) is 0 Å². The summed E-state index contributed by atoms with van der Waals surface area (Å²) in [6.45, 7) is 2.96. The monoisotopic (exact) mass is 621 g/mol. The summed E-state index contributed by atoms with van der Waals surface area (Å²) in [5.74, 6) is -1.81. The maximum atomic E-state index is 13.7. The minimum Gasteiger partial charge on any atom is -0.481 e. The van der Waals surface area contributed by atoms with E-state index in [4.69, 9.17) is 9.72 Å². The molecule has 11 nitrogen and oxygen atoms in total. The number of benzene rings is 3. The van der Waals surface area contributed by atoms with Crippen molar-refractivity contribution >= 4 is 23.9 Å². The molecule has 0 radical (unpaired) electrons. The summed E-state index contributed by atoms with van der Waals surface area (Å²) in [5, 5.41) is 12.1. The molecule has 11 heteroatoms. The van der Waals surface area contributed by atoms with E-state index in [1.165, 1.54) is 9.80 Å². The van der Waals surface area contributed by atoms with E-state index in [0.717, 1.165) is 16.7 Å². The standard InChI is InChI=1S/C35H35N5O6/c1-2-46-35(45)40-21-19-39(20-22-40)34(44)28(17-18-31(41)42)38-33(43)30-23-29(36-32(37-30)27-11-7-4-8-12-27)26-15-13-25(14-16-26)24-9-5-3-6-10-24/h3-16,23,28H,2,17-22H2,1H3,(H,38,43)(H,41,42). The van der Waals surface area contributed by atoms with Crippen LogP contribution in [0.4, 0.5) is 4.79 Å². The number of rotatable bonds is 10. The number of carbonyl (C=O) groups is 4. The van der Waals surface area contributed by atoms with Gasteiger partial charge in [0, 0.05) is 43.7 Å². The zero-order valence-electron chi connectivity index (χ0n) is 25.5. The van der Waals surface area contributed by atoms with Gasteiger partial charge in [0.1, 0.15) is 11.7 Å².